The molecule has 1 aromatic heterocycles. The number of likely N-dealkylation sites (tertiary alicyclic amines) is 1. The number of nitrogens with one attached hydrogen (secondary N) is 1. The molecular weight excluding hydrogens is 358 g/mol. The first-order valence-corrected chi connectivity index (χ1v) is 10.5. The molecule has 1 saturated heterocycles. The van der Waals surface area contributed by atoms with Crippen LogP contribution in [0.15, 0.2) is 0 Å². The third kappa shape index (κ3) is 4.06. The summed E-state index contributed by atoms with van der Waals surface area (Å²) in [4.78, 5) is 27.0. The number of aromatic nitrogens is 3. The summed E-state index contributed by atoms with van der Waals surface area (Å²) in [5.74, 6) is 2.04. The molecule has 4 rings (SSSR count). The molecule has 3 heterocycles. The number of ether oxygens (including phenoxy) is 1. The second-order valence-electron chi connectivity index (χ2n) is 9.06. The number of carbonyl (C=O) groups excluding carboxylic acids is 2. The maximum absolute atomic E-state index is 12.6. The van der Waals surface area contributed by atoms with E-state index < -0.39 is 0 Å². The lowest BCUT2D eigenvalue weighted by Crippen LogP contribution is -2.47. The highest BCUT2D eigenvalue weighted by Crippen LogP contribution is 2.38. The van der Waals surface area contributed by atoms with Crippen LogP contribution in [0.2, 0.25) is 0 Å². The first kappa shape index (κ1) is 19.4. The molecule has 3 aliphatic rings. The number of rotatable bonds is 5. The molecular formula is C20H31N5O3. The van der Waals surface area contributed by atoms with Crippen molar-refractivity contribution in [1.29, 1.82) is 0 Å². The molecule has 1 spiro atoms. The van der Waals surface area contributed by atoms with Crippen LogP contribution in [0.25, 0.3) is 0 Å². The third-order valence-corrected chi connectivity index (χ3v) is 6.23. The average molecular weight is 390 g/mol. The van der Waals surface area contributed by atoms with Gasteiger partial charge < -0.3 is 19.5 Å². The van der Waals surface area contributed by atoms with Gasteiger partial charge >= 0.3 is 0 Å². The molecule has 0 unspecified atom stereocenters. The molecule has 2 amide bonds. The lowest BCUT2D eigenvalue weighted by Gasteiger charge is -2.41. The molecule has 0 aromatic carbocycles. The lowest BCUT2D eigenvalue weighted by atomic mass is 9.78. The Kier molecular flexibility index (Phi) is 5.40. The van der Waals surface area contributed by atoms with Crippen molar-refractivity contribution in [1.82, 2.24) is 25.0 Å². The highest BCUT2D eigenvalue weighted by molar-refractivity contribution is 5.90. The molecule has 1 N–H and O–H groups in total. The highest BCUT2D eigenvalue weighted by Gasteiger charge is 2.42. The third-order valence-electron chi connectivity index (χ3n) is 6.23. The smallest absolute Gasteiger partial charge is 0.289 e. The SMILES string of the molecule is CC(C)CCNC(=O)c1nnc2n1CC1(CCN(C(=O)C3CC3)CC1)COC2. The average Bonchev–Trinajstić information content (AvgIpc) is 3.46. The molecule has 8 heteroatoms. The van der Waals surface area contributed by atoms with Crippen LogP contribution in [0.1, 0.15) is 62.4 Å². The monoisotopic (exact) mass is 389 g/mol. The van der Waals surface area contributed by atoms with E-state index in [-0.39, 0.29) is 17.2 Å². The summed E-state index contributed by atoms with van der Waals surface area (Å²) in [6.07, 6.45) is 4.80. The maximum Gasteiger partial charge on any atom is 0.289 e. The van der Waals surface area contributed by atoms with Gasteiger partial charge in [0.15, 0.2) is 5.82 Å². The van der Waals surface area contributed by atoms with E-state index in [4.69, 9.17) is 4.74 Å². The molecule has 1 aliphatic carbocycles. The van der Waals surface area contributed by atoms with Gasteiger partial charge in [0.1, 0.15) is 6.61 Å². The van der Waals surface area contributed by atoms with Crippen molar-refractivity contribution in [3.05, 3.63) is 11.6 Å². The van der Waals surface area contributed by atoms with Gasteiger partial charge in [-0.3, -0.25) is 9.59 Å². The van der Waals surface area contributed by atoms with Gasteiger partial charge in [-0.05, 0) is 38.0 Å². The fourth-order valence-corrected chi connectivity index (χ4v) is 4.16. The number of nitrogens with zero attached hydrogens (tertiary/aromatic N) is 4. The number of amides is 2. The predicted molar refractivity (Wildman–Crippen MR) is 102 cm³/mol. The van der Waals surface area contributed by atoms with E-state index in [0.717, 1.165) is 45.2 Å². The van der Waals surface area contributed by atoms with Crippen molar-refractivity contribution in [2.75, 3.05) is 26.2 Å². The number of hydrogen-bond acceptors (Lipinski definition) is 5. The van der Waals surface area contributed by atoms with E-state index in [1.807, 2.05) is 9.47 Å². The standard InChI is InChI=1S/C20H31N5O3/c1-14(2)5-8-21-18(26)17-23-22-16-11-28-13-20(12-25(16)17)6-9-24(10-7-20)19(27)15-3-4-15/h14-15H,3-13H2,1-2H3,(H,21,26). The summed E-state index contributed by atoms with van der Waals surface area (Å²) in [5.41, 5.74) is -0.0685. The Hall–Kier alpha value is -1.96. The molecule has 0 radical (unpaired) electrons. The van der Waals surface area contributed by atoms with Gasteiger partial charge in [0.2, 0.25) is 11.7 Å². The van der Waals surface area contributed by atoms with Gasteiger partial charge in [0.05, 0.1) is 6.61 Å². The van der Waals surface area contributed by atoms with Gasteiger partial charge in [0, 0.05) is 37.5 Å². The molecule has 1 saturated carbocycles. The first-order chi connectivity index (χ1) is 13.5. The van der Waals surface area contributed by atoms with Gasteiger partial charge in [0.25, 0.3) is 5.91 Å². The van der Waals surface area contributed by atoms with Gasteiger partial charge in [-0.15, -0.1) is 10.2 Å². The number of carbonyl (C=O) groups is 2. The van der Waals surface area contributed by atoms with E-state index >= 15 is 0 Å². The zero-order valence-electron chi connectivity index (χ0n) is 16.9. The fraction of sp³-hybridized carbons (Fsp3) is 0.800. The Morgan fingerprint density at radius 3 is 2.68 bits per heavy atom. The van der Waals surface area contributed by atoms with E-state index in [0.29, 0.717) is 49.8 Å². The van der Waals surface area contributed by atoms with Crippen LogP contribution in [0, 0.1) is 17.3 Å². The molecule has 28 heavy (non-hydrogen) atoms. The van der Waals surface area contributed by atoms with E-state index in [2.05, 4.69) is 29.4 Å². The molecule has 8 nitrogen and oxygen atoms in total. The van der Waals surface area contributed by atoms with Crippen molar-refractivity contribution in [3.8, 4) is 0 Å². The largest absolute Gasteiger partial charge is 0.373 e. The van der Waals surface area contributed by atoms with E-state index in [9.17, 15) is 9.59 Å². The molecule has 0 bridgehead atoms. The van der Waals surface area contributed by atoms with Crippen LogP contribution >= 0.6 is 0 Å². The van der Waals surface area contributed by atoms with Crippen LogP contribution in [0.5, 0.6) is 0 Å². The van der Waals surface area contributed by atoms with Crippen LogP contribution in [0.4, 0.5) is 0 Å². The Morgan fingerprint density at radius 1 is 1.25 bits per heavy atom. The zero-order chi connectivity index (χ0) is 19.7. The maximum atomic E-state index is 12.6. The van der Waals surface area contributed by atoms with E-state index in [1.165, 1.54) is 0 Å². The van der Waals surface area contributed by atoms with Crippen molar-refractivity contribution >= 4 is 11.8 Å². The molecule has 2 fully saturated rings. The number of hydrogen-bond donors (Lipinski definition) is 1. The van der Waals surface area contributed by atoms with Crippen molar-refractivity contribution in [3.63, 3.8) is 0 Å². The fourth-order valence-electron chi connectivity index (χ4n) is 4.16. The van der Waals surface area contributed by atoms with Gasteiger partial charge in [-0.25, -0.2) is 0 Å². The highest BCUT2D eigenvalue weighted by atomic mass is 16.5. The van der Waals surface area contributed by atoms with Crippen molar-refractivity contribution in [2.24, 2.45) is 17.3 Å². The van der Waals surface area contributed by atoms with Gasteiger partial charge in [-0.1, -0.05) is 13.8 Å². The van der Waals surface area contributed by atoms with Crippen LogP contribution in [-0.4, -0.2) is 57.7 Å². The summed E-state index contributed by atoms with van der Waals surface area (Å²) in [6, 6.07) is 0. The molecule has 154 valence electrons. The molecule has 0 atom stereocenters. The summed E-state index contributed by atoms with van der Waals surface area (Å²) in [5, 5.41) is 11.3. The van der Waals surface area contributed by atoms with Crippen LogP contribution in [0.3, 0.4) is 0 Å². The van der Waals surface area contributed by atoms with Crippen molar-refractivity contribution < 1.29 is 14.3 Å². The van der Waals surface area contributed by atoms with Gasteiger partial charge in [-0.2, -0.15) is 0 Å². The molecule has 2 aliphatic heterocycles. The summed E-state index contributed by atoms with van der Waals surface area (Å²) >= 11 is 0. The number of fused-ring (bicyclic) bond motifs is 1. The minimum absolute atomic E-state index is 0.0685. The minimum atomic E-state index is -0.169. The Labute approximate surface area is 166 Å². The predicted octanol–water partition coefficient (Wildman–Crippen LogP) is 1.60. The Balaban J connectivity index is 1.43. The second kappa shape index (κ2) is 7.81. The van der Waals surface area contributed by atoms with Crippen molar-refractivity contribution in [2.45, 2.75) is 59.1 Å². The van der Waals surface area contributed by atoms with Crippen LogP contribution < -0.4 is 5.32 Å². The topological polar surface area (TPSA) is 89.4 Å². The summed E-state index contributed by atoms with van der Waals surface area (Å²) in [7, 11) is 0. The normalized spacial score (nSPS) is 21.5. The summed E-state index contributed by atoms with van der Waals surface area (Å²) in [6.45, 7) is 8.13. The Bertz CT molecular complexity index is 732. The van der Waals surface area contributed by atoms with Crippen LogP contribution in [-0.2, 0) is 22.7 Å². The molecule has 1 aromatic rings. The minimum Gasteiger partial charge on any atom is -0.373 e. The van der Waals surface area contributed by atoms with E-state index in [1.54, 1.807) is 0 Å². The number of piperidine rings is 1. The zero-order valence-corrected chi connectivity index (χ0v) is 16.9. The quantitative estimate of drug-likeness (QED) is 0.826. The lowest BCUT2D eigenvalue weighted by molar-refractivity contribution is -0.135. The summed E-state index contributed by atoms with van der Waals surface area (Å²) < 4.78 is 7.86. The first-order valence-electron chi connectivity index (χ1n) is 10.5. The second-order valence-corrected chi connectivity index (χ2v) is 9.06. The Morgan fingerprint density at radius 2 is 2.00 bits per heavy atom.